The van der Waals surface area contributed by atoms with E-state index in [0.717, 1.165) is 0 Å². The molecule has 0 rings (SSSR count). The molecule has 0 spiro atoms. The summed E-state index contributed by atoms with van der Waals surface area (Å²) in [6.07, 6.45) is 1.01. The van der Waals surface area contributed by atoms with Gasteiger partial charge in [0.25, 0.3) is 0 Å². The fraction of sp³-hybridized carbons (Fsp3) is 0.571. The molecule has 0 aromatic rings. The van der Waals surface area contributed by atoms with E-state index in [1.807, 2.05) is 0 Å². The van der Waals surface area contributed by atoms with Gasteiger partial charge in [-0.1, -0.05) is 0 Å². The maximum Gasteiger partial charge on any atom is 0.326 e. The van der Waals surface area contributed by atoms with Crippen LogP contribution in [0.2, 0.25) is 0 Å². The van der Waals surface area contributed by atoms with Crippen molar-refractivity contribution in [2.24, 2.45) is 5.73 Å². The van der Waals surface area contributed by atoms with Gasteiger partial charge >= 0.3 is 12.0 Å². The molecule has 0 aliphatic rings. The fourth-order valence-corrected chi connectivity index (χ4v) is 0.878. The molecule has 0 saturated carbocycles. The van der Waals surface area contributed by atoms with E-state index < -0.39 is 18.0 Å². The molecule has 1 atom stereocenters. The molecule has 7 heteroatoms. The number of hydrogen-bond donors (Lipinski definition) is 4. The maximum atomic E-state index is 10.5. The average Bonchev–Trinajstić information content (AvgIpc) is 2.09. The molecule has 80 valence electrons. The fourth-order valence-electron chi connectivity index (χ4n) is 0.878. The molecule has 0 saturated heterocycles. The standard InChI is InChI=1S/C7H13N3O4/c8-7(14)9-3-1-2-5(6(12)13)10-4-11/h4-5H,1-3H2,(H,10,11)(H,12,13)(H3,8,9,14)/t5-/m0/s1. The van der Waals surface area contributed by atoms with Crippen molar-refractivity contribution in [3.05, 3.63) is 0 Å². The smallest absolute Gasteiger partial charge is 0.326 e. The van der Waals surface area contributed by atoms with E-state index in [4.69, 9.17) is 10.8 Å². The van der Waals surface area contributed by atoms with Crippen molar-refractivity contribution >= 4 is 18.4 Å². The van der Waals surface area contributed by atoms with Gasteiger partial charge < -0.3 is 21.5 Å². The van der Waals surface area contributed by atoms with Crippen LogP contribution in [-0.2, 0) is 9.59 Å². The van der Waals surface area contributed by atoms with Crippen LogP contribution in [0.5, 0.6) is 0 Å². The average molecular weight is 203 g/mol. The number of nitrogens with one attached hydrogen (secondary N) is 2. The van der Waals surface area contributed by atoms with Gasteiger partial charge in [0.05, 0.1) is 0 Å². The first-order valence-corrected chi connectivity index (χ1v) is 4.03. The summed E-state index contributed by atoms with van der Waals surface area (Å²) >= 11 is 0. The van der Waals surface area contributed by atoms with Gasteiger partial charge in [0.2, 0.25) is 6.41 Å². The van der Waals surface area contributed by atoms with Crippen LogP contribution in [0.15, 0.2) is 0 Å². The Morgan fingerprint density at radius 2 is 2.14 bits per heavy atom. The first-order chi connectivity index (χ1) is 6.57. The molecule has 0 bridgehead atoms. The summed E-state index contributed by atoms with van der Waals surface area (Å²) < 4.78 is 0. The van der Waals surface area contributed by atoms with Crippen LogP contribution in [0, 0.1) is 0 Å². The number of carbonyl (C=O) groups is 3. The lowest BCUT2D eigenvalue weighted by Gasteiger charge is -2.10. The molecule has 0 radical (unpaired) electrons. The molecular formula is C7H13N3O4. The van der Waals surface area contributed by atoms with Crippen molar-refractivity contribution in [3.8, 4) is 0 Å². The van der Waals surface area contributed by atoms with Crippen molar-refractivity contribution in [2.75, 3.05) is 6.54 Å². The summed E-state index contributed by atoms with van der Waals surface area (Å²) in [5.74, 6) is -1.10. The predicted molar refractivity (Wildman–Crippen MR) is 47.4 cm³/mol. The van der Waals surface area contributed by atoms with Gasteiger partial charge in [0.1, 0.15) is 6.04 Å². The van der Waals surface area contributed by atoms with Crippen molar-refractivity contribution in [2.45, 2.75) is 18.9 Å². The Morgan fingerprint density at radius 1 is 1.50 bits per heavy atom. The lowest BCUT2D eigenvalue weighted by molar-refractivity contribution is -0.140. The Bertz CT molecular complexity index is 219. The molecule has 14 heavy (non-hydrogen) atoms. The summed E-state index contributed by atoms with van der Waals surface area (Å²) in [6.45, 7) is 0.291. The molecule has 0 aliphatic carbocycles. The van der Waals surface area contributed by atoms with Crippen LogP contribution in [0.4, 0.5) is 4.79 Å². The molecule has 0 fully saturated rings. The minimum Gasteiger partial charge on any atom is -0.480 e. The third-order valence-electron chi connectivity index (χ3n) is 1.54. The lowest BCUT2D eigenvalue weighted by atomic mass is 10.1. The number of carboxylic acids is 1. The van der Waals surface area contributed by atoms with E-state index in [-0.39, 0.29) is 6.42 Å². The zero-order valence-electron chi connectivity index (χ0n) is 7.53. The van der Waals surface area contributed by atoms with Crippen molar-refractivity contribution in [3.63, 3.8) is 0 Å². The number of carbonyl (C=O) groups excluding carboxylic acids is 2. The third kappa shape index (κ3) is 5.81. The van der Waals surface area contributed by atoms with Crippen LogP contribution < -0.4 is 16.4 Å². The molecule has 7 nitrogen and oxygen atoms in total. The van der Waals surface area contributed by atoms with Crippen LogP contribution in [0.25, 0.3) is 0 Å². The summed E-state index contributed by atoms with van der Waals surface area (Å²) in [6, 6.07) is -1.57. The summed E-state index contributed by atoms with van der Waals surface area (Å²) in [5.41, 5.74) is 4.79. The molecule has 0 aromatic heterocycles. The Morgan fingerprint density at radius 3 is 2.57 bits per heavy atom. The zero-order valence-corrected chi connectivity index (χ0v) is 7.53. The van der Waals surface area contributed by atoms with Gasteiger partial charge in [-0.15, -0.1) is 0 Å². The van der Waals surface area contributed by atoms with Gasteiger partial charge in [-0.2, -0.15) is 0 Å². The van der Waals surface area contributed by atoms with E-state index in [2.05, 4.69) is 10.6 Å². The first kappa shape index (κ1) is 12.2. The number of aliphatic carboxylic acids is 1. The van der Waals surface area contributed by atoms with Gasteiger partial charge in [-0.25, -0.2) is 9.59 Å². The van der Waals surface area contributed by atoms with Gasteiger partial charge in [-0.05, 0) is 12.8 Å². The predicted octanol–water partition coefficient (Wildman–Crippen LogP) is -1.37. The number of hydrogen-bond acceptors (Lipinski definition) is 3. The second-order valence-electron chi connectivity index (χ2n) is 2.61. The van der Waals surface area contributed by atoms with Gasteiger partial charge in [-0.3, -0.25) is 4.79 Å². The van der Waals surface area contributed by atoms with E-state index >= 15 is 0 Å². The number of amides is 3. The van der Waals surface area contributed by atoms with Crippen LogP contribution >= 0.6 is 0 Å². The highest BCUT2D eigenvalue weighted by Gasteiger charge is 2.14. The minimum absolute atomic E-state index is 0.244. The summed E-state index contributed by atoms with van der Waals surface area (Å²) in [4.78, 5) is 30.7. The molecule has 5 N–H and O–H groups in total. The second kappa shape index (κ2) is 6.70. The highest BCUT2D eigenvalue weighted by Crippen LogP contribution is 1.95. The summed E-state index contributed by atoms with van der Waals surface area (Å²) in [5, 5.41) is 13.0. The van der Waals surface area contributed by atoms with E-state index in [0.29, 0.717) is 19.4 Å². The maximum absolute atomic E-state index is 10.5. The summed E-state index contributed by atoms with van der Waals surface area (Å²) in [7, 11) is 0. The van der Waals surface area contributed by atoms with E-state index in [1.54, 1.807) is 0 Å². The van der Waals surface area contributed by atoms with Crippen molar-refractivity contribution < 1.29 is 19.5 Å². The number of carboxylic acid groups (broad SMARTS) is 1. The zero-order chi connectivity index (χ0) is 11.0. The number of nitrogens with two attached hydrogens (primary N) is 1. The minimum atomic E-state index is -1.10. The van der Waals surface area contributed by atoms with Gasteiger partial charge in [0.15, 0.2) is 0 Å². The Labute approximate surface area is 80.6 Å². The Hall–Kier alpha value is -1.79. The Kier molecular flexibility index (Phi) is 5.84. The number of urea groups is 1. The van der Waals surface area contributed by atoms with E-state index in [1.165, 1.54) is 0 Å². The van der Waals surface area contributed by atoms with Crippen LogP contribution in [0.3, 0.4) is 0 Å². The highest BCUT2D eigenvalue weighted by molar-refractivity contribution is 5.76. The first-order valence-electron chi connectivity index (χ1n) is 4.03. The number of primary amides is 1. The number of rotatable bonds is 7. The van der Waals surface area contributed by atoms with Crippen molar-refractivity contribution in [1.29, 1.82) is 0 Å². The monoisotopic (exact) mass is 203 g/mol. The molecule has 0 aliphatic heterocycles. The van der Waals surface area contributed by atoms with Gasteiger partial charge in [0, 0.05) is 6.54 Å². The molecule has 0 aromatic carbocycles. The molecule has 3 amide bonds. The third-order valence-corrected chi connectivity index (χ3v) is 1.54. The molecule has 0 unspecified atom stereocenters. The molecular weight excluding hydrogens is 190 g/mol. The van der Waals surface area contributed by atoms with E-state index in [9.17, 15) is 14.4 Å². The van der Waals surface area contributed by atoms with Crippen LogP contribution in [-0.4, -0.2) is 36.1 Å². The second-order valence-corrected chi connectivity index (χ2v) is 2.61. The quantitative estimate of drug-likeness (QED) is 0.301. The lowest BCUT2D eigenvalue weighted by Crippen LogP contribution is -2.37. The SMILES string of the molecule is NC(=O)NCCC[C@H](NC=O)C(=O)O. The highest BCUT2D eigenvalue weighted by atomic mass is 16.4. The normalized spacial score (nSPS) is 11.4. The van der Waals surface area contributed by atoms with Crippen molar-refractivity contribution in [1.82, 2.24) is 10.6 Å². The largest absolute Gasteiger partial charge is 0.480 e. The van der Waals surface area contributed by atoms with Crippen LogP contribution in [0.1, 0.15) is 12.8 Å². The topological polar surface area (TPSA) is 122 Å². The molecule has 0 heterocycles. The Balaban J connectivity index is 3.66.